The number of hydrogen-bond acceptors (Lipinski definition) is 1. The second kappa shape index (κ2) is 4.84. The minimum atomic E-state index is -4.43. The highest BCUT2D eigenvalue weighted by molar-refractivity contribution is 5.84. The van der Waals surface area contributed by atoms with Crippen molar-refractivity contribution in [3.8, 4) is 11.3 Å². The van der Waals surface area contributed by atoms with Gasteiger partial charge in [0.25, 0.3) is 0 Å². The van der Waals surface area contributed by atoms with Crippen molar-refractivity contribution in [1.29, 1.82) is 0 Å². The van der Waals surface area contributed by atoms with Crippen LogP contribution < -0.4 is 0 Å². The van der Waals surface area contributed by atoms with Crippen molar-refractivity contribution in [3.63, 3.8) is 0 Å². The van der Waals surface area contributed by atoms with Crippen LogP contribution >= 0.6 is 0 Å². The van der Waals surface area contributed by atoms with E-state index in [1.165, 1.54) is 6.20 Å². The zero-order valence-electron chi connectivity index (χ0n) is 11.9. The lowest BCUT2D eigenvalue weighted by atomic mass is 10.1. The molecule has 0 amide bonds. The van der Waals surface area contributed by atoms with E-state index in [0.29, 0.717) is 22.1 Å². The van der Waals surface area contributed by atoms with Crippen LogP contribution in [-0.2, 0) is 6.18 Å². The summed E-state index contributed by atoms with van der Waals surface area (Å²) in [4.78, 5) is 4.25. The van der Waals surface area contributed by atoms with Crippen LogP contribution in [0.2, 0.25) is 0 Å². The number of alkyl halides is 3. The molecule has 0 atom stereocenters. The summed E-state index contributed by atoms with van der Waals surface area (Å²) < 4.78 is 42.2. The number of para-hydroxylation sites is 2. The molecule has 2 heterocycles. The number of hydrogen-bond donors (Lipinski definition) is 0. The first-order chi connectivity index (χ1) is 11.1. The molecule has 2 aromatic heterocycles. The number of halogens is 3. The Morgan fingerprint density at radius 2 is 1.57 bits per heavy atom. The van der Waals surface area contributed by atoms with Gasteiger partial charge in [-0.3, -0.25) is 4.98 Å². The number of fused-ring (bicyclic) bond motifs is 3. The molecule has 0 spiro atoms. The van der Waals surface area contributed by atoms with Crippen molar-refractivity contribution in [2.75, 3.05) is 0 Å². The molecule has 0 aliphatic carbocycles. The number of benzene rings is 2. The van der Waals surface area contributed by atoms with Gasteiger partial charge in [-0.1, -0.05) is 42.5 Å². The summed E-state index contributed by atoms with van der Waals surface area (Å²) in [6, 6.07) is 17.0. The van der Waals surface area contributed by atoms with Crippen LogP contribution in [0.4, 0.5) is 13.2 Å². The molecule has 0 N–H and O–H groups in total. The second-order valence-electron chi connectivity index (χ2n) is 5.28. The van der Waals surface area contributed by atoms with Crippen molar-refractivity contribution in [1.82, 2.24) is 9.38 Å². The van der Waals surface area contributed by atoms with Crippen LogP contribution in [0.3, 0.4) is 0 Å². The quantitative estimate of drug-likeness (QED) is 0.474. The van der Waals surface area contributed by atoms with Crippen molar-refractivity contribution >= 4 is 16.6 Å². The van der Waals surface area contributed by atoms with Crippen molar-refractivity contribution < 1.29 is 13.2 Å². The normalized spacial score (nSPS) is 12.1. The molecule has 114 valence electrons. The molecule has 0 fully saturated rings. The first-order valence-electron chi connectivity index (χ1n) is 7.07. The van der Waals surface area contributed by atoms with E-state index in [9.17, 15) is 13.2 Å². The topological polar surface area (TPSA) is 17.3 Å². The van der Waals surface area contributed by atoms with E-state index < -0.39 is 11.7 Å². The molecular weight excluding hydrogens is 301 g/mol. The lowest BCUT2D eigenvalue weighted by molar-refractivity contribution is -0.136. The average molecular weight is 312 g/mol. The predicted molar refractivity (Wildman–Crippen MR) is 83.1 cm³/mol. The predicted octanol–water partition coefficient (Wildman–Crippen LogP) is 5.17. The molecule has 0 unspecified atom stereocenters. The summed E-state index contributed by atoms with van der Waals surface area (Å²) >= 11 is 0. The van der Waals surface area contributed by atoms with E-state index >= 15 is 0 Å². The standard InChI is InChI=1S/C18H11F3N2/c19-18(20,21)14-10-13-11-22-15-8-4-5-9-16(15)23(13)17(14)12-6-2-1-3-7-12/h1-11H. The Hall–Kier alpha value is -2.82. The van der Waals surface area contributed by atoms with Crippen LogP contribution in [0, 0.1) is 0 Å². The summed E-state index contributed by atoms with van der Waals surface area (Å²) in [7, 11) is 0. The third kappa shape index (κ3) is 2.16. The molecule has 0 aliphatic rings. The summed E-state index contributed by atoms with van der Waals surface area (Å²) in [6.07, 6.45) is -2.96. The smallest absolute Gasteiger partial charge is 0.306 e. The number of aromatic nitrogens is 2. The molecule has 0 saturated heterocycles. The number of rotatable bonds is 1. The van der Waals surface area contributed by atoms with E-state index in [2.05, 4.69) is 4.98 Å². The van der Waals surface area contributed by atoms with Gasteiger partial charge in [0, 0.05) is 0 Å². The molecule has 0 saturated carbocycles. The van der Waals surface area contributed by atoms with Gasteiger partial charge < -0.3 is 4.40 Å². The highest BCUT2D eigenvalue weighted by Crippen LogP contribution is 2.40. The Balaban J connectivity index is 2.21. The lowest BCUT2D eigenvalue weighted by Gasteiger charge is -2.11. The van der Waals surface area contributed by atoms with Gasteiger partial charge in [0.1, 0.15) is 0 Å². The monoisotopic (exact) mass is 312 g/mol. The van der Waals surface area contributed by atoms with E-state index in [1.54, 1.807) is 52.9 Å². The second-order valence-corrected chi connectivity index (χ2v) is 5.28. The van der Waals surface area contributed by atoms with Gasteiger partial charge in [0.05, 0.1) is 34.0 Å². The molecular formula is C18H11F3N2. The molecule has 0 bridgehead atoms. The maximum atomic E-state index is 13.5. The number of nitrogens with zero attached hydrogens (tertiary/aromatic N) is 2. The van der Waals surface area contributed by atoms with E-state index in [0.717, 1.165) is 6.07 Å². The van der Waals surface area contributed by atoms with Gasteiger partial charge in [-0.2, -0.15) is 13.2 Å². The van der Waals surface area contributed by atoms with Crippen LogP contribution in [0.15, 0.2) is 66.9 Å². The fourth-order valence-corrected chi connectivity index (χ4v) is 2.88. The van der Waals surface area contributed by atoms with Crippen LogP contribution in [0.1, 0.15) is 5.56 Å². The molecule has 4 rings (SSSR count). The molecule has 0 radical (unpaired) electrons. The van der Waals surface area contributed by atoms with Crippen LogP contribution in [-0.4, -0.2) is 9.38 Å². The van der Waals surface area contributed by atoms with Gasteiger partial charge in [-0.25, -0.2) is 0 Å². The van der Waals surface area contributed by atoms with E-state index in [-0.39, 0.29) is 5.69 Å². The summed E-state index contributed by atoms with van der Waals surface area (Å²) in [5, 5.41) is 0. The minimum absolute atomic E-state index is 0.145. The molecule has 2 nitrogen and oxygen atoms in total. The van der Waals surface area contributed by atoms with Gasteiger partial charge >= 0.3 is 6.18 Å². The summed E-state index contributed by atoms with van der Waals surface area (Å²) in [6.45, 7) is 0. The largest absolute Gasteiger partial charge is 0.418 e. The Labute approximate surface area is 129 Å². The van der Waals surface area contributed by atoms with E-state index in [4.69, 9.17) is 0 Å². The van der Waals surface area contributed by atoms with Crippen molar-refractivity contribution in [2.45, 2.75) is 6.18 Å². The highest BCUT2D eigenvalue weighted by atomic mass is 19.4. The lowest BCUT2D eigenvalue weighted by Crippen LogP contribution is -2.06. The highest BCUT2D eigenvalue weighted by Gasteiger charge is 2.36. The maximum Gasteiger partial charge on any atom is 0.418 e. The maximum absolute atomic E-state index is 13.5. The first kappa shape index (κ1) is 13.8. The Kier molecular flexibility index (Phi) is 2.91. The third-order valence-corrected chi connectivity index (χ3v) is 3.84. The SMILES string of the molecule is FC(F)(F)c1cc2cnc3ccccc3n2c1-c1ccccc1. The van der Waals surface area contributed by atoms with Crippen LogP contribution in [0.25, 0.3) is 27.8 Å². The Bertz CT molecular complexity index is 1000. The zero-order chi connectivity index (χ0) is 16.0. The van der Waals surface area contributed by atoms with Gasteiger partial charge in [-0.05, 0) is 23.8 Å². The van der Waals surface area contributed by atoms with E-state index in [1.807, 2.05) is 6.07 Å². The molecule has 2 aromatic carbocycles. The summed E-state index contributed by atoms with van der Waals surface area (Å²) in [5.41, 5.74) is 1.75. The molecule has 23 heavy (non-hydrogen) atoms. The molecule has 4 aromatic rings. The van der Waals surface area contributed by atoms with Crippen molar-refractivity contribution in [2.24, 2.45) is 0 Å². The third-order valence-electron chi connectivity index (χ3n) is 3.84. The fraction of sp³-hybridized carbons (Fsp3) is 0.0556. The Morgan fingerprint density at radius 1 is 0.870 bits per heavy atom. The van der Waals surface area contributed by atoms with Crippen molar-refractivity contribution in [3.05, 3.63) is 72.4 Å². The fourth-order valence-electron chi connectivity index (χ4n) is 2.88. The first-order valence-corrected chi connectivity index (χ1v) is 7.07. The van der Waals surface area contributed by atoms with Gasteiger partial charge in [0.15, 0.2) is 0 Å². The zero-order valence-corrected chi connectivity index (χ0v) is 11.9. The Morgan fingerprint density at radius 3 is 2.30 bits per heavy atom. The van der Waals surface area contributed by atoms with Gasteiger partial charge in [0.2, 0.25) is 0 Å². The van der Waals surface area contributed by atoms with Gasteiger partial charge in [-0.15, -0.1) is 0 Å². The molecule has 0 aliphatic heterocycles. The van der Waals surface area contributed by atoms with Crippen LogP contribution in [0.5, 0.6) is 0 Å². The molecule has 5 heteroatoms. The minimum Gasteiger partial charge on any atom is -0.306 e. The average Bonchev–Trinajstić information content (AvgIpc) is 2.96. The summed E-state index contributed by atoms with van der Waals surface area (Å²) in [5.74, 6) is 0.